The molecule has 0 aliphatic carbocycles. The van der Waals surface area contributed by atoms with Gasteiger partial charge in [0.25, 0.3) is 0 Å². The summed E-state index contributed by atoms with van der Waals surface area (Å²) in [6, 6.07) is 4.22. The predicted octanol–water partition coefficient (Wildman–Crippen LogP) is 3.86. The fraction of sp³-hybridized carbons (Fsp3) is 0.538. The zero-order valence-corrected chi connectivity index (χ0v) is 11.4. The van der Waals surface area contributed by atoms with E-state index in [9.17, 15) is 4.57 Å². The fourth-order valence-corrected chi connectivity index (χ4v) is 3.27. The highest BCUT2D eigenvalue weighted by Gasteiger charge is 2.38. The third kappa shape index (κ3) is 2.66. The van der Waals surface area contributed by atoms with Crippen LogP contribution in [0.1, 0.15) is 37.5 Å². The van der Waals surface area contributed by atoms with Crippen molar-refractivity contribution in [3.63, 3.8) is 0 Å². The van der Waals surface area contributed by atoms with Crippen molar-refractivity contribution >= 4 is 13.1 Å². The van der Waals surface area contributed by atoms with Gasteiger partial charge in [0.2, 0.25) is 0 Å². The van der Waals surface area contributed by atoms with Crippen LogP contribution in [0.15, 0.2) is 12.1 Å². The minimum absolute atomic E-state index is 0.153. The van der Waals surface area contributed by atoms with Crippen LogP contribution in [0, 0.1) is 20.8 Å². The number of aryl methyl sites for hydroxylation is 3. The smallest absolute Gasteiger partial charge is 0.0674 e. The molecule has 0 bridgehead atoms. The van der Waals surface area contributed by atoms with Crippen molar-refractivity contribution in [2.75, 3.05) is 0 Å². The first-order valence-corrected chi connectivity index (χ1v) is 6.54. The lowest BCUT2D eigenvalue weighted by atomic mass is 10.1. The molecule has 0 amide bonds. The second-order valence-corrected chi connectivity index (χ2v) is 7.59. The lowest BCUT2D eigenvalue weighted by Gasteiger charge is -2.09. The van der Waals surface area contributed by atoms with Gasteiger partial charge >= 0.3 is 7.80 Å². The molecule has 1 nitrogen and oxygen atoms in total. The SMILES string of the molecule is Cc1cc(C)c([P+](=O)C(C)(C)C)c(C)c1. The third-order valence-electron chi connectivity index (χ3n) is 2.45. The Labute approximate surface area is 93.7 Å². The average Bonchev–Trinajstić information content (AvgIpc) is 1.99. The summed E-state index contributed by atoms with van der Waals surface area (Å²) in [6.07, 6.45) is 0. The number of benzene rings is 1. The third-order valence-corrected chi connectivity index (χ3v) is 4.78. The molecule has 0 spiro atoms. The van der Waals surface area contributed by atoms with Crippen molar-refractivity contribution < 1.29 is 4.57 Å². The summed E-state index contributed by atoms with van der Waals surface area (Å²) in [5, 5.41) is 0.892. The van der Waals surface area contributed by atoms with Gasteiger partial charge in [-0.25, -0.2) is 0 Å². The molecule has 0 saturated heterocycles. The summed E-state index contributed by atoms with van der Waals surface area (Å²) >= 11 is 0. The molecule has 0 aromatic heterocycles. The lowest BCUT2D eigenvalue weighted by molar-refractivity contribution is 0.572. The largest absolute Gasteiger partial charge is 0.382 e. The van der Waals surface area contributed by atoms with Crippen LogP contribution in [0.3, 0.4) is 0 Å². The van der Waals surface area contributed by atoms with Crippen LogP contribution >= 0.6 is 7.80 Å². The van der Waals surface area contributed by atoms with Crippen molar-refractivity contribution in [3.8, 4) is 0 Å². The second-order valence-electron chi connectivity index (χ2n) is 5.21. The molecule has 0 N–H and O–H groups in total. The maximum absolute atomic E-state index is 12.4. The average molecular weight is 223 g/mol. The summed E-state index contributed by atoms with van der Waals surface area (Å²) < 4.78 is 12.4. The Morgan fingerprint density at radius 2 is 1.40 bits per heavy atom. The van der Waals surface area contributed by atoms with Gasteiger partial charge < -0.3 is 0 Å². The van der Waals surface area contributed by atoms with Crippen LogP contribution in [0.25, 0.3) is 0 Å². The quantitative estimate of drug-likeness (QED) is 0.661. The zero-order valence-electron chi connectivity index (χ0n) is 10.5. The topological polar surface area (TPSA) is 17.1 Å². The first-order chi connectivity index (χ1) is 6.73. The van der Waals surface area contributed by atoms with E-state index in [-0.39, 0.29) is 5.16 Å². The number of hydrogen-bond donors (Lipinski definition) is 0. The summed E-state index contributed by atoms with van der Waals surface area (Å²) in [5.74, 6) is 0. The van der Waals surface area contributed by atoms with Crippen molar-refractivity contribution in [2.45, 2.75) is 46.7 Å². The van der Waals surface area contributed by atoms with E-state index in [1.165, 1.54) is 5.56 Å². The van der Waals surface area contributed by atoms with Crippen LogP contribution in [-0.2, 0) is 4.57 Å². The highest BCUT2D eigenvalue weighted by molar-refractivity contribution is 7.55. The monoisotopic (exact) mass is 223 g/mol. The molecule has 1 rings (SSSR count). The van der Waals surface area contributed by atoms with Gasteiger partial charge in [-0.1, -0.05) is 22.3 Å². The Balaban J connectivity index is 3.33. The van der Waals surface area contributed by atoms with Gasteiger partial charge in [-0.15, -0.1) is 0 Å². The van der Waals surface area contributed by atoms with Crippen LogP contribution < -0.4 is 5.30 Å². The first-order valence-electron chi connectivity index (χ1n) is 5.28. The van der Waals surface area contributed by atoms with E-state index in [0.29, 0.717) is 0 Å². The van der Waals surface area contributed by atoms with Crippen LogP contribution in [-0.4, -0.2) is 5.16 Å². The molecule has 0 radical (unpaired) electrons. The Morgan fingerprint density at radius 3 is 1.73 bits per heavy atom. The number of hydrogen-bond acceptors (Lipinski definition) is 1. The van der Waals surface area contributed by atoms with E-state index in [4.69, 9.17) is 0 Å². The van der Waals surface area contributed by atoms with Crippen molar-refractivity contribution in [1.29, 1.82) is 0 Å². The number of rotatable bonds is 1. The van der Waals surface area contributed by atoms with Gasteiger partial charge in [-0.2, -0.15) is 0 Å². The molecule has 0 fully saturated rings. The molecule has 0 heterocycles. The Bertz CT molecular complexity index is 376. The summed E-state index contributed by atoms with van der Waals surface area (Å²) in [7, 11) is -1.32. The highest BCUT2D eigenvalue weighted by Crippen LogP contribution is 2.39. The zero-order chi connectivity index (χ0) is 11.8. The van der Waals surface area contributed by atoms with E-state index in [0.717, 1.165) is 16.4 Å². The van der Waals surface area contributed by atoms with Gasteiger partial charge in [-0.05, 0) is 41.5 Å². The molecular formula is C13H20OP+. The molecule has 15 heavy (non-hydrogen) atoms. The molecule has 1 aromatic carbocycles. The van der Waals surface area contributed by atoms with E-state index >= 15 is 0 Å². The molecule has 1 unspecified atom stereocenters. The van der Waals surface area contributed by atoms with Crippen molar-refractivity contribution in [3.05, 3.63) is 28.8 Å². The van der Waals surface area contributed by atoms with Crippen molar-refractivity contribution in [2.24, 2.45) is 0 Å². The van der Waals surface area contributed by atoms with E-state index < -0.39 is 7.80 Å². The summed E-state index contributed by atoms with van der Waals surface area (Å²) in [5.41, 5.74) is 3.55. The standard InChI is InChI=1S/C13H20OP/c1-9-7-10(2)12(11(3)8-9)15(14)13(4,5)6/h7-8H,1-6H3/q+1. The van der Waals surface area contributed by atoms with E-state index in [1.807, 2.05) is 34.6 Å². The Hall–Kier alpha value is -0.680. The molecular weight excluding hydrogens is 203 g/mol. The van der Waals surface area contributed by atoms with Gasteiger partial charge in [0.05, 0.1) is 0 Å². The predicted molar refractivity (Wildman–Crippen MR) is 67.6 cm³/mol. The molecule has 0 aliphatic heterocycles. The normalized spacial score (nSPS) is 12.8. The maximum Gasteiger partial charge on any atom is 0.382 e. The fourth-order valence-electron chi connectivity index (χ4n) is 1.83. The summed E-state index contributed by atoms with van der Waals surface area (Å²) in [4.78, 5) is 0. The van der Waals surface area contributed by atoms with Crippen molar-refractivity contribution in [1.82, 2.24) is 0 Å². The molecule has 0 saturated carbocycles. The van der Waals surface area contributed by atoms with Gasteiger partial charge in [0, 0.05) is 11.1 Å². The maximum atomic E-state index is 12.4. The van der Waals surface area contributed by atoms with Crippen LogP contribution in [0.2, 0.25) is 0 Å². The van der Waals surface area contributed by atoms with Gasteiger partial charge in [0.1, 0.15) is 0 Å². The highest BCUT2D eigenvalue weighted by atomic mass is 31.1. The van der Waals surface area contributed by atoms with E-state index in [1.54, 1.807) is 0 Å². The minimum atomic E-state index is -1.32. The van der Waals surface area contributed by atoms with Gasteiger partial charge in [0.15, 0.2) is 10.5 Å². The molecule has 0 aliphatic rings. The molecule has 1 aromatic rings. The molecule has 1 atom stereocenters. The second kappa shape index (κ2) is 4.06. The van der Waals surface area contributed by atoms with E-state index in [2.05, 4.69) is 19.1 Å². The molecule has 82 valence electrons. The minimum Gasteiger partial charge on any atom is -0.0674 e. The Morgan fingerprint density at radius 1 is 1.00 bits per heavy atom. The molecule has 2 heteroatoms. The van der Waals surface area contributed by atoms with Gasteiger partial charge in [-0.3, -0.25) is 0 Å². The van der Waals surface area contributed by atoms with Crippen LogP contribution in [0.4, 0.5) is 0 Å². The lowest BCUT2D eigenvalue weighted by Crippen LogP contribution is -2.18. The first kappa shape index (κ1) is 12.4. The summed E-state index contributed by atoms with van der Waals surface area (Å²) in [6.45, 7) is 12.3. The Kier molecular flexibility index (Phi) is 3.35. The van der Waals surface area contributed by atoms with Crippen LogP contribution in [0.5, 0.6) is 0 Å².